The molecule has 31 heavy (non-hydrogen) atoms. The van der Waals surface area contributed by atoms with Crippen LogP contribution in [0.3, 0.4) is 0 Å². The van der Waals surface area contributed by atoms with E-state index in [0.29, 0.717) is 18.8 Å². The molecule has 0 N–H and O–H groups in total. The zero-order valence-corrected chi connectivity index (χ0v) is 18.7. The minimum Gasteiger partial charge on any atom is -0.447 e. The molecule has 0 unspecified atom stereocenters. The molecule has 3 heterocycles. The van der Waals surface area contributed by atoms with Crippen molar-refractivity contribution in [3.8, 4) is 11.1 Å². The van der Waals surface area contributed by atoms with Gasteiger partial charge in [-0.3, -0.25) is 9.58 Å². The third-order valence-electron chi connectivity index (χ3n) is 6.13. The van der Waals surface area contributed by atoms with Crippen LogP contribution in [0.25, 0.3) is 11.1 Å². The van der Waals surface area contributed by atoms with Crippen molar-refractivity contribution in [1.29, 1.82) is 0 Å². The molecule has 7 nitrogen and oxygen atoms in total. The molecular formula is C24H29N5O2. The summed E-state index contributed by atoms with van der Waals surface area (Å²) in [6, 6.07) is 10.4. The lowest BCUT2D eigenvalue weighted by molar-refractivity contribution is 0.177. The van der Waals surface area contributed by atoms with E-state index in [9.17, 15) is 4.79 Å². The van der Waals surface area contributed by atoms with Crippen LogP contribution >= 0.6 is 0 Å². The van der Waals surface area contributed by atoms with Crippen LogP contribution in [-0.2, 0) is 18.2 Å². The number of ether oxygens (including phenoxy) is 1. The van der Waals surface area contributed by atoms with Gasteiger partial charge in [0.2, 0.25) is 0 Å². The molecule has 4 rings (SSSR count). The molecule has 1 saturated heterocycles. The highest BCUT2D eigenvalue weighted by molar-refractivity contribution is 5.89. The highest BCUT2D eigenvalue weighted by atomic mass is 16.6. The molecule has 1 amide bonds. The second-order valence-electron chi connectivity index (χ2n) is 8.58. The Morgan fingerprint density at radius 2 is 1.90 bits per heavy atom. The maximum absolute atomic E-state index is 12.3. The molecule has 3 aromatic rings. The third kappa shape index (κ3) is 4.17. The topological polar surface area (TPSA) is 73.1 Å². The Kier molecular flexibility index (Phi) is 5.76. The minimum atomic E-state index is -0.335. The van der Waals surface area contributed by atoms with Gasteiger partial charge < -0.3 is 4.74 Å². The van der Waals surface area contributed by atoms with E-state index in [1.165, 1.54) is 5.56 Å². The third-order valence-corrected chi connectivity index (χ3v) is 6.13. The summed E-state index contributed by atoms with van der Waals surface area (Å²) in [7, 11) is 1.95. The van der Waals surface area contributed by atoms with Crippen LogP contribution in [0, 0.1) is 12.8 Å². The van der Waals surface area contributed by atoms with Crippen molar-refractivity contribution in [2.45, 2.75) is 46.1 Å². The number of hydrogen-bond acceptors (Lipinski definition) is 5. The SMILES string of the molecule is Cc1c(-c2ccc([C@H](C)Cc3nccc(N4C(=O)OC[C@@H]4C(C)C)n3)cc2)cnn1C. The van der Waals surface area contributed by atoms with Gasteiger partial charge in [0.25, 0.3) is 0 Å². The fraction of sp³-hybridized carbons (Fsp3) is 0.417. The van der Waals surface area contributed by atoms with E-state index < -0.39 is 0 Å². The van der Waals surface area contributed by atoms with Crippen molar-refractivity contribution in [3.05, 3.63) is 59.8 Å². The van der Waals surface area contributed by atoms with Crippen molar-refractivity contribution in [1.82, 2.24) is 19.7 Å². The number of amides is 1. The Hall–Kier alpha value is -3.22. The van der Waals surface area contributed by atoms with Crippen molar-refractivity contribution >= 4 is 11.9 Å². The fourth-order valence-electron chi connectivity index (χ4n) is 3.98. The van der Waals surface area contributed by atoms with Crippen LogP contribution in [0.15, 0.2) is 42.7 Å². The molecule has 1 aliphatic rings. The lowest BCUT2D eigenvalue weighted by atomic mass is 9.95. The van der Waals surface area contributed by atoms with Gasteiger partial charge in [0, 0.05) is 30.9 Å². The summed E-state index contributed by atoms with van der Waals surface area (Å²) >= 11 is 0. The maximum atomic E-state index is 12.3. The zero-order chi connectivity index (χ0) is 22.1. The van der Waals surface area contributed by atoms with Crippen LogP contribution in [0.4, 0.5) is 10.6 Å². The lowest BCUT2D eigenvalue weighted by Gasteiger charge is -2.23. The first-order chi connectivity index (χ1) is 14.8. The Morgan fingerprint density at radius 3 is 2.55 bits per heavy atom. The fourth-order valence-corrected chi connectivity index (χ4v) is 3.98. The van der Waals surface area contributed by atoms with Gasteiger partial charge in [0.05, 0.1) is 12.2 Å². The van der Waals surface area contributed by atoms with Gasteiger partial charge in [0.15, 0.2) is 0 Å². The van der Waals surface area contributed by atoms with E-state index in [-0.39, 0.29) is 24.0 Å². The van der Waals surface area contributed by atoms with Crippen molar-refractivity contribution < 1.29 is 9.53 Å². The number of aromatic nitrogens is 4. The molecule has 1 fully saturated rings. The molecule has 2 atom stereocenters. The van der Waals surface area contributed by atoms with E-state index in [4.69, 9.17) is 4.74 Å². The van der Waals surface area contributed by atoms with Gasteiger partial charge >= 0.3 is 6.09 Å². The standard InChI is InChI=1S/C24H29N5O2/c1-15(2)21-14-31-24(30)29(21)23-10-11-25-22(27-23)12-16(3)18-6-8-19(9-7-18)20-13-26-28(5)17(20)4/h6-11,13,15-16,21H,12,14H2,1-5H3/t16-,21-/m1/s1. The maximum Gasteiger partial charge on any atom is 0.415 e. The van der Waals surface area contributed by atoms with Gasteiger partial charge in [-0.15, -0.1) is 0 Å². The highest BCUT2D eigenvalue weighted by Gasteiger charge is 2.37. The molecule has 0 saturated carbocycles. The monoisotopic (exact) mass is 419 g/mol. The summed E-state index contributed by atoms with van der Waals surface area (Å²) in [6.07, 6.45) is 3.98. The van der Waals surface area contributed by atoms with Crippen molar-refractivity contribution in [2.24, 2.45) is 13.0 Å². The second-order valence-corrected chi connectivity index (χ2v) is 8.58. The number of carbonyl (C=O) groups is 1. The van der Waals surface area contributed by atoms with Crippen LogP contribution in [-0.4, -0.2) is 38.5 Å². The molecule has 0 bridgehead atoms. The predicted molar refractivity (Wildman–Crippen MR) is 120 cm³/mol. The van der Waals surface area contributed by atoms with Crippen LogP contribution in [0.5, 0.6) is 0 Å². The largest absolute Gasteiger partial charge is 0.447 e. The molecule has 7 heteroatoms. The van der Waals surface area contributed by atoms with E-state index in [1.54, 1.807) is 17.2 Å². The Labute approximate surface area is 183 Å². The Morgan fingerprint density at radius 1 is 1.16 bits per heavy atom. The van der Waals surface area contributed by atoms with E-state index >= 15 is 0 Å². The normalized spacial score (nSPS) is 17.3. The van der Waals surface area contributed by atoms with E-state index in [0.717, 1.165) is 22.6 Å². The Balaban J connectivity index is 1.50. The summed E-state index contributed by atoms with van der Waals surface area (Å²) in [5, 5.41) is 4.33. The summed E-state index contributed by atoms with van der Waals surface area (Å²) in [6.45, 7) is 8.81. The summed E-state index contributed by atoms with van der Waals surface area (Å²) in [5.74, 6) is 1.86. The lowest BCUT2D eigenvalue weighted by Crippen LogP contribution is -2.37. The number of aryl methyl sites for hydroxylation is 1. The van der Waals surface area contributed by atoms with Gasteiger partial charge in [0.1, 0.15) is 18.2 Å². The van der Waals surface area contributed by atoms with Crippen LogP contribution in [0.1, 0.15) is 43.8 Å². The minimum absolute atomic E-state index is 0.00356. The van der Waals surface area contributed by atoms with Gasteiger partial charge in [-0.05, 0) is 36.0 Å². The number of anilines is 1. The van der Waals surface area contributed by atoms with Crippen LogP contribution < -0.4 is 4.90 Å². The molecular weight excluding hydrogens is 390 g/mol. The summed E-state index contributed by atoms with van der Waals surface area (Å²) in [5.41, 5.74) is 4.67. The second kappa shape index (κ2) is 8.49. The van der Waals surface area contributed by atoms with Gasteiger partial charge in [-0.25, -0.2) is 14.8 Å². The van der Waals surface area contributed by atoms with Crippen LogP contribution in [0.2, 0.25) is 0 Å². The van der Waals surface area contributed by atoms with E-state index in [1.807, 2.05) is 17.9 Å². The zero-order valence-electron chi connectivity index (χ0n) is 18.7. The molecule has 1 aliphatic heterocycles. The first-order valence-electron chi connectivity index (χ1n) is 10.7. The quantitative estimate of drug-likeness (QED) is 0.588. The van der Waals surface area contributed by atoms with E-state index in [2.05, 4.69) is 67.0 Å². The molecule has 0 aliphatic carbocycles. The first kappa shape index (κ1) is 21.0. The average molecular weight is 420 g/mol. The first-order valence-corrected chi connectivity index (χ1v) is 10.7. The molecule has 1 aromatic carbocycles. The number of benzene rings is 1. The predicted octanol–water partition coefficient (Wildman–Crippen LogP) is 4.51. The Bertz CT molecular complexity index is 1070. The highest BCUT2D eigenvalue weighted by Crippen LogP contribution is 2.28. The number of carbonyl (C=O) groups excluding carboxylic acids is 1. The van der Waals surface area contributed by atoms with Crippen molar-refractivity contribution in [2.75, 3.05) is 11.5 Å². The molecule has 2 aromatic heterocycles. The number of hydrogen-bond donors (Lipinski definition) is 0. The molecule has 0 spiro atoms. The van der Waals surface area contributed by atoms with Crippen molar-refractivity contribution in [3.63, 3.8) is 0 Å². The number of nitrogens with zero attached hydrogens (tertiary/aromatic N) is 5. The summed E-state index contributed by atoms with van der Waals surface area (Å²) in [4.78, 5) is 23.1. The van der Waals surface area contributed by atoms with Gasteiger partial charge in [-0.1, -0.05) is 45.0 Å². The molecule has 162 valence electrons. The summed E-state index contributed by atoms with van der Waals surface area (Å²) < 4.78 is 7.15. The van der Waals surface area contributed by atoms with Gasteiger partial charge in [-0.2, -0.15) is 5.10 Å². The number of rotatable bonds is 6. The smallest absolute Gasteiger partial charge is 0.415 e. The average Bonchev–Trinajstić information content (AvgIpc) is 3.31. The number of cyclic esters (lactones) is 1. The molecule has 0 radical (unpaired) electrons.